The van der Waals surface area contributed by atoms with Crippen LogP contribution in [0.3, 0.4) is 0 Å². The summed E-state index contributed by atoms with van der Waals surface area (Å²) in [5, 5.41) is 5.54. The summed E-state index contributed by atoms with van der Waals surface area (Å²) in [7, 11) is 0. The van der Waals surface area contributed by atoms with Gasteiger partial charge in [-0.25, -0.2) is 0 Å². The van der Waals surface area contributed by atoms with Gasteiger partial charge >= 0.3 is 0 Å². The lowest BCUT2D eigenvalue weighted by atomic mass is 10.3. The van der Waals surface area contributed by atoms with Crippen molar-refractivity contribution in [1.82, 2.24) is 15.1 Å². The van der Waals surface area contributed by atoms with Crippen LogP contribution in [0, 0.1) is 0 Å². The Morgan fingerprint density at radius 3 is 3.33 bits per heavy atom. The van der Waals surface area contributed by atoms with Crippen molar-refractivity contribution in [1.29, 1.82) is 0 Å². The maximum Gasteiger partial charge on any atom is 0.271 e. The molecule has 0 atom stereocenters. The highest BCUT2D eigenvalue weighted by atomic mass is 79.9. The van der Waals surface area contributed by atoms with Gasteiger partial charge < -0.3 is 5.32 Å². The maximum atomic E-state index is 11.5. The van der Waals surface area contributed by atoms with Gasteiger partial charge in [0.1, 0.15) is 15.3 Å². The summed E-state index contributed by atoms with van der Waals surface area (Å²) in [6.07, 6.45) is 0. The van der Waals surface area contributed by atoms with Crippen LogP contribution in [0.1, 0.15) is 16.0 Å². The molecule has 1 aliphatic heterocycles. The SMILES string of the molecule is [2H]C1([2H])NC(=O)c2c(Cl)c(Br)nn2C1([2H])[2H]. The number of fused-ring (bicyclic) bond motifs is 1. The quantitative estimate of drug-likeness (QED) is 0.752. The Hall–Kier alpha value is -0.550. The van der Waals surface area contributed by atoms with Gasteiger partial charge in [-0.2, -0.15) is 5.10 Å². The molecule has 0 fully saturated rings. The lowest BCUT2D eigenvalue weighted by Gasteiger charge is -2.13. The number of hydrogen-bond donors (Lipinski definition) is 1. The van der Waals surface area contributed by atoms with E-state index in [1.165, 1.54) is 0 Å². The predicted octanol–water partition coefficient (Wildman–Crippen LogP) is 1.04. The van der Waals surface area contributed by atoms with E-state index in [4.69, 9.17) is 17.1 Å². The number of halogens is 2. The van der Waals surface area contributed by atoms with Crippen LogP contribution in [0.4, 0.5) is 0 Å². The molecule has 64 valence electrons. The smallest absolute Gasteiger partial charge is 0.271 e. The van der Waals surface area contributed by atoms with Gasteiger partial charge in [-0.05, 0) is 15.9 Å². The van der Waals surface area contributed by atoms with Crippen LogP contribution in [0.15, 0.2) is 4.60 Å². The van der Waals surface area contributed by atoms with Crippen LogP contribution >= 0.6 is 27.5 Å². The first-order chi connectivity index (χ1) is 7.18. The molecule has 0 spiro atoms. The number of aryl methyl sites for hydroxylation is 1. The standard InChI is InChI=1S/C6H5BrClN3O/c7-5-3(8)4-6(12)9-1-2-11(4)10-5/h1-2H2,(H,9,12)/i1D2,2D2. The average molecular weight is 255 g/mol. The van der Waals surface area contributed by atoms with Gasteiger partial charge in [0, 0.05) is 6.50 Å². The fourth-order valence-electron chi connectivity index (χ4n) is 0.846. The molecule has 4 nitrogen and oxygen atoms in total. The van der Waals surface area contributed by atoms with E-state index in [0.717, 1.165) is 0 Å². The zero-order chi connectivity index (χ0) is 12.3. The second-order valence-corrected chi connectivity index (χ2v) is 3.19. The first-order valence-electron chi connectivity index (χ1n) is 4.95. The van der Waals surface area contributed by atoms with Gasteiger partial charge in [0.25, 0.3) is 5.91 Å². The van der Waals surface area contributed by atoms with E-state index in [1.807, 2.05) is 5.32 Å². The molecular weight excluding hydrogens is 245 g/mol. The van der Waals surface area contributed by atoms with Gasteiger partial charge in [-0.3, -0.25) is 9.48 Å². The molecule has 0 bridgehead atoms. The van der Waals surface area contributed by atoms with Gasteiger partial charge in [0.2, 0.25) is 0 Å². The van der Waals surface area contributed by atoms with Crippen molar-refractivity contribution in [3.8, 4) is 0 Å². The number of rotatable bonds is 0. The van der Waals surface area contributed by atoms with Crippen LogP contribution in [-0.2, 0) is 6.50 Å². The molecule has 2 heterocycles. The van der Waals surface area contributed by atoms with E-state index in [-0.39, 0.29) is 15.3 Å². The molecule has 1 aromatic heterocycles. The third-order valence-corrected chi connectivity index (χ3v) is 2.48. The Bertz CT molecular complexity index is 488. The minimum absolute atomic E-state index is 0.0446. The molecule has 0 saturated carbocycles. The van der Waals surface area contributed by atoms with Crippen LogP contribution in [-0.4, -0.2) is 22.2 Å². The number of hydrogen-bond acceptors (Lipinski definition) is 2. The highest BCUT2D eigenvalue weighted by Gasteiger charge is 2.23. The highest BCUT2D eigenvalue weighted by Crippen LogP contribution is 2.26. The Morgan fingerprint density at radius 1 is 1.83 bits per heavy atom. The van der Waals surface area contributed by atoms with E-state index in [9.17, 15) is 4.79 Å². The van der Waals surface area contributed by atoms with Crippen molar-refractivity contribution in [2.45, 2.75) is 6.50 Å². The van der Waals surface area contributed by atoms with E-state index in [1.54, 1.807) is 0 Å². The van der Waals surface area contributed by atoms with E-state index in [2.05, 4.69) is 21.0 Å². The summed E-state index contributed by atoms with van der Waals surface area (Å²) in [6, 6.07) is 0. The Balaban J connectivity index is 2.74. The van der Waals surface area contributed by atoms with Gasteiger partial charge in [0.15, 0.2) is 0 Å². The second kappa shape index (κ2) is 2.74. The van der Waals surface area contributed by atoms with Crippen LogP contribution in [0.2, 0.25) is 5.02 Å². The number of carbonyl (C=O) groups is 1. The number of aromatic nitrogens is 2. The Labute approximate surface area is 87.6 Å². The molecule has 1 amide bonds. The normalized spacial score (nSPS) is 29.0. The van der Waals surface area contributed by atoms with Gasteiger partial charge in [-0.1, -0.05) is 11.6 Å². The zero-order valence-electron chi connectivity index (χ0n) is 9.56. The van der Waals surface area contributed by atoms with Crippen LogP contribution in [0.25, 0.3) is 0 Å². The summed E-state index contributed by atoms with van der Waals surface area (Å²) in [5.41, 5.74) is -0.200. The lowest BCUT2D eigenvalue weighted by molar-refractivity contribution is 0.0924. The second-order valence-electron chi connectivity index (χ2n) is 2.06. The Kier molecular flexibility index (Phi) is 1.06. The van der Waals surface area contributed by atoms with Gasteiger partial charge in [-0.15, -0.1) is 0 Å². The number of nitrogens with zero attached hydrogens (tertiary/aromatic N) is 2. The first-order valence-corrected chi connectivity index (χ1v) is 4.12. The van der Waals surface area contributed by atoms with E-state index in [0.29, 0.717) is 4.68 Å². The molecule has 0 aromatic carbocycles. The minimum atomic E-state index is -2.55. The molecule has 1 aromatic rings. The van der Waals surface area contributed by atoms with Crippen molar-refractivity contribution >= 4 is 33.4 Å². The van der Waals surface area contributed by atoms with Crippen molar-refractivity contribution in [3.63, 3.8) is 0 Å². The predicted molar refractivity (Wildman–Crippen MR) is 47.3 cm³/mol. The summed E-state index contributed by atoms with van der Waals surface area (Å²) in [6.45, 7) is -5.06. The summed E-state index contributed by atoms with van der Waals surface area (Å²) >= 11 is 8.72. The highest BCUT2D eigenvalue weighted by molar-refractivity contribution is 9.10. The molecule has 2 rings (SSSR count). The van der Waals surface area contributed by atoms with Gasteiger partial charge in [0.05, 0.1) is 12.0 Å². The van der Waals surface area contributed by atoms with Crippen molar-refractivity contribution in [2.24, 2.45) is 0 Å². The third kappa shape index (κ3) is 1.04. The molecule has 0 unspecified atom stereocenters. The number of amides is 1. The average Bonchev–Trinajstić information content (AvgIpc) is 2.41. The van der Waals surface area contributed by atoms with E-state index >= 15 is 0 Å². The number of nitrogens with one attached hydrogen (secondary N) is 1. The van der Waals surface area contributed by atoms with Crippen molar-refractivity contribution in [3.05, 3.63) is 15.3 Å². The van der Waals surface area contributed by atoms with E-state index < -0.39 is 18.9 Å². The fraction of sp³-hybridized carbons (Fsp3) is 0.333. The third-order valence-electron chi connectivity index (χ3n) is 1.34. The van der Waals surface area contributed by atoms with Crippen molar-refractivity contribution < 1.29 is 10.3 Å². The van der Waals surface area contributed by atoms with Crippen LogP contribution in [0.5, 0.6) is 0 Å². The maximum absolute atomic E-state index is 11.5. The molecule has 1 N–H and O–H groups in total. The zero-order valence-corrected chi connectivity index (χ0v) is 7.90. The first kappa shape index (κ1) is 4.62. The fourth-order valence-corrected chi connectivity index (χ4v) is 1.40. The Morgan fingerprint density at radius 2 is 2.58 bits per heavy atom. The molecule has 6 heteroatoms. The molecule has 0 saturated heterocycles. The largest absolute Gasteiger partial charge is 0.349 e. The number of carbonyl (C=O) groups excluding carboxylic acids is 1. The summed E-state index contributed by atoms with van der Waals surface area (Å²) in [4.78, 5) is 11.5. The molecule has 0 aliphatic carbocycles. The molecule has 1 aliphatic rings. The summed E-state index contributed by atoms with van der Waals surface area (Å²) < 4.78 is 30.8. The van der Waals surface area contributed by atoms with Crippen LogP contribution < -0.4 is 5.32 Å². The minimum Gasteiger partial charge on any atom is -0.349 e. The summed E-state index contributed by atoms with van der Waals surface area (Å²) in [5.74, 6) is -0.802. The molecule has 0 radical (unpaired) electrons. The molecule has 12 heavy (non-hydrogen) atoms. The lowest BCUT2D eigenvalue weighted by Crippen LogP contribution is -2.35. The topological polar surface area (TPSA) is 46.9 Å². The van der Waals surface area contributed by atoms with Crippen molar-refractivity contribution in [2.75, 3.05) is 6.50 Å². The molecular formula is C6H5BrClN3O. The monoisotopic (exact) mass is 253 g/mol.